The Morgan fingerprint density at radius 1 is 1.40 bits per heavy atom. The van der Waals surface area contributed by atoms with Crippen LogP contribution in [0.2, 0.25) is 0 Å². The summed E-state index contributed by atoms with van der Waals surface area (Å²) in [6.07, 6.45) is 0. The van der Waals surface area contributed by atoms with Gasteiger partial charge in [0, 0.05) is 26.8 Å². The Morgan fingerprint density at radius 2 is 2.15 bits per heavy atom. The van der Waals surface area contributed by atoms with Crippen molar-refractivity contribution in [2.45, 2.75) is 25.9 Å². The van der Waals surface area contributed by atoms with Crippen LogP contribution >= 0.6 is 0 Å². The Labute approximate surface area is 121 Å². The van der Waals surface area contributed by atoms with E-state index in [0.717, 1.165) is 6.54 Å². The molecule has 0 bridgehead atoms. The van der Waals surface area contributed by atoms with Gasteiger partial charge in [0.15, 0.2) is 0 Å². The van der Waals surface area contributed by atoms with E-state index in [1.165, 1.54) is 0 Å². The normalized spacial score (nSPS) is 23.8. The fourth-order valence-electron chi connectivity index (χ4n) is 2.54. The zero-order valence-electron chi connectivity index (χ0n) is 13.1. The topological polar surface area (TPSA) is 60.0 Å². The molecule has 3 unspecified atom stereocenters. The van der Waals surface area contributed by atoms with E-state index in [0.29, 0.717) is 33.0 Å². The van der Waals surface area contributed by atoms with Gasteiger partial charge in [0.05, 0.1) is 38.4 Å². The molecule has 0 aromatic heterocycles. The third kappa shape index (κ3) is 4.70. The average Bonchev–Trinajstić information content (AvgIpc) is 2.88. The van der Waals surface area contributed by atoms with E-state index in [1.807, 2.05) is 18.7 Å². The number of methoxy groups -OCH3 is 2. The molecule has 1 aliphatic rings. The largest absolute Gasteiger partial charge is 0.383 e. The lowest BCUT2D eigenvalue weighted by Crippen LogP contribution is -2.50. The molecule has 0 saturated carbocycles. The van der Waals surface area contributed by atoms with Crippen LogP contribution in [-0.2, 0) is 19.0 Å². The first-order valence-electron chi connectivity index (χ1n) is 7.25. The first-order chi connectivity index (χ1) is 9.65. The molecular formula is C14H28N2O4. The molecule has 20 heavy (non-hydrogen) atoms. The predicted molar refractivity (Wildman–Crippen MR) is 76.7 cm³/mol. The van der Waals surface area contributed by atoms with Gasteiger partial charge in [-0.3, -0.25) is 4.79 Å². The predicted octanol–water partition coefficient (Wildman–Crippen LogP) is 0.121. The van der Waals surface area contributed by atoms with Crippen LogP contribution < -0.4 is 5.32 Å². The van der Waals surface area contributed by atoms with E-state index in [4.69, 9.17) is 14.2 Å². The smallest absolute Gasteiger partial charge is 0.230 e. The second kappa shape index (κ2) is 9.28. The Hall–Kier alpha value is -0.690. The molecule has 1 amide bonds. The van der Waals surface area contributed by atoms with E-state index >= 15 is 0 Å². The van der Waals surface area contributed by atoms with Crippen LogP contribution in [0.1, 0.15) is 13.8 Å². The van der Waals surface area contributed by atoms with Crippen LogP contribution in [0.25, 0.3) is 0 Å². The summed E-state index contributed by atoms with van der Waals surface area (Å²) in [5, 5.41) is 3.32. The van der Waals surface area contributed by atoms with Crippen molar-refractivity contribution in [2.24, 2.45) is 5.92 Å². The highest BCUT2D eigenvalue weighted by Crippen LogP contribution is 2.18. The molecule has 0 radical (unpaired) electrons. The standard InChI is InChI=1S/C14H28N2O4/c1-5-15-13-10-20-9-12(13)14(17)16(6-7-18-3)11(2)8-19-4/h11-13,15H,5-10H2,1-4H3. The molecule has 1 rings (SSSR count). The first-order valence-corrected chi connectivity index (χ1v) is 7.25. The van der Waals surface area contributed by atoms with E-state index in [2.05, 4.69) is 5.32 Å². The van der Waals surface area contributed by atoms with E-state index < -0.39 is 0 Å². The highest BCUT2D eigenvalue weighted by molar-refractivity contribution is 5.80. The lowest BCUT2D eigenvalue weighted by atomic mass is 10.0. The second-order valence-electron chi connectivity index (χ2n) is 5.14. The van der Waals surface area contributed by atoms with Crippen molar-refractivity contribution in [1.82, 2.24) is 10.2 Å². The minimum Gasteiger partial charge on any atom is -0.383 e. The number of nitrogens with zero attached hydrogens (tertiary/aromatic N) is 1. The third-order valence-corrected chi connectivity index (χ3v) is 3.62. The summed E-state index contributed by atoms with van der Waals surface area (Å²) < 4.78 is 15.7. The number of hydrogen-bond acceptors (Lipinski definition) is 5. The molecule has 6 heteroatoms. The van der Waals surface area contributed by atoms with E-state index in [9.17, 15) is 4.79 Å². The third-order valence-electron chi connectivity index (χ3n) is 3.62. The summed E-state index contributed by atoms with van der Waals surface area (Å²) in [7, 11) is 3.29. The highest BCUT2D eigenvalue weighted by atomic mass is 16.5. The van der Waals surface area contributed by atoms with Gasteiger partial charge in [-0.05, 0) is 13.5 Å². The fourth-order valence-corrected chi connectivity index (χ4v) is 2.54. The molecular weight excluding hydrogens is 260 g/mol. The number of amides is 1. The molecule has 1 N–H and O–H groups in total. The van der Waals surface area contributed by atoms with Gasteiger partial charge >= 0.3 is 0 Å². The van der Waals surface area contributed by atoms with Gasteiger partial charge in [0.2, 0.25) is 5.91 Å². The molecule has 0 aromatic carbocycles. The number of ether oxygens (including phenoxy) is 3. The quantitative estimate of drug-likeness (QED) is 0.653. The summed E-state index contributed by atoms with van der Waals surface area (Å²) in [6, 6.07) is 0.137. The van der Waals surface area contributed by atoms with Crippen LogP contribution in [0, 0.1) is 5.92 Å². The molecule has 1 fully saturated rings. The van der Waals surface area contributed by atoms with Crippen LogP contribution in [0.4, 0.5) is 0 Å². The van der Waals surface area contributed by atoms with Crippen molar-refractivity contribution >= 4 is 5.91 Å². The van der Waals surface area contributed by atoms with E-state index in [1.54, 1.807) is 14.2 Å². The maximum absolute atomic E-state index is 12.7. The van der Waals surface area contributed by atoms with Gasteiger partial charge in [-0.15, -0.1) is 0 Å². The van der Waals surface area contributed by atoms with Crippen molar-refractivity contribution < 1.29 is 19.0 Å². The van der Waals surface area contributed by atoms with Crippen LogP contribution in [0.5, 0.6) is 0 Å². The lowest BCUT2D eigenvalue weighted by molar-refractivity contribution is -0.140. The van der Waals surface area contributed by atoms with Gasteiger partial charge in [-0.2, -0.15) is 0 Å². The minimum absolute atomic E-state index is 0.0329. The number of carbonyl (C=O) groups is 1. The molecule has 118 valence electrons. The lowest BCUT2D eigenvalue weighted by Gasteiger charge is -2.32. The summed E-state index contributed by atoms with van der Waals surface area (Å²) in [5.74, 6) is 0.00108. The van der Waals surface area contributed by atoms with Crippen LogP contribution in [-0.4, -0.2) is 76.6 Å². The van der Waals surface area contributed by atoms with Gasteiger partial charge in [0.25, 0.3) is 0 Å². The van der Waals surface area contributed by atoms with Crippen molar-refractivity contribution in [1.29, 1.82) is 0 Å². The monoisotopic (exact) mass is 288 g/mol. The number of carbonyl (C=O) groups excluding carboxylic acids is 1. The molecule has 0 aromatic rings. The maximum Gasteiger partial charge on any atom is 0.230 e. The Kier molecular flexibility index (Phi) is 8.06. The number of likely N-dealkylation sites (N-methyl/N-ethyl adjacent to an activating group) is 1. The summed E-state index contributed by atoms with van der Waals surface area (Å²) >= 11 is 0. The number of nitrogens with one attached hydrogen (secondary N) is 1. The molecule has 3 atom stereocenters. The SMILES string of the molecule is CCNC1COCC1C(=O)N(CCOC)C(C)COC. The van der Waals surface area contributed by atoms with Crippen molar-refractivity contribution in [3.05, 3.63) is 0 Å². The van der Waals surface area contributed by atoms with Gasteiger partial charge < -0.3 is 24.4 Å². The molecule has 1 aliphatic heterocycles. The molecule has 1 heterocycles. The van der Waals surface area contributed by atoms with Crippen molar-refractivity contribution in [2.75, 3.05) is 53.7 Å². The Balaban J connectivity index is 2.70. The van der Waals surface area contributed by atoms with Crippen LogP contribution in [0.3, 0.4) is 0 Å². The zero-order chi connectivity index (χ0) is 15.0. The Bertz CT molecular complexity index is 288. The fraction of sp³-hybridized carbons (Fsp3) is 0.929. The number of rotatable bonds is 9. The molecule has 1 saturated heterocycles. The molecule has 6 nitrogen and oxygen atoms in total. The minimum atomic E-state index is -0.119. The summed E-state index contributed by atoms with van der Waals surface area (Å²) in [5.41, 5.74) is 0. The average molecular weight is 288 g/mol. The van der Waals surface area contributed by atoms with Crippen LogP contribution in [0.15, 0.2) is 0 Å². The second-order valence-corrected chi connectivity index (χ2v) is 5.14. The summed E-state index contributed by atoms with van der Waals surface area (Å²) in [6.45, 7) is 7.58. The maximum atomic E-state index is 12.7. The Morgan fingerprint density at radius 3 is 2.75 bits per heavy atom. The molecule has 0 aliphatic carbocycles. The van der Waals surface area contributed by atoms with Crippen molar-refractivity contribution in [3.63, 3.8) is 0 Å². The number of hydrogen-bond donors (Lipinski definition) is 1. The zero-order valence-corrected chi connectivity index (χ0v) is 13.1. The van der Waals surface area contributed by atoms with E-state index in [-0.39, 0.29) is 23.9 Å². The van der Waals surface area contributed by atoms with Gasteiger partial charge in [0.1, 0.15) is 0 Å². The molecule has 0 spiro atoms. The summed E-state index contributed by atoms with van der Waals surface area (Å²) in [4.78, 5) is 14.6. The highest BCUT2D eigenvalue weighted by Gasteiger charge is 2.37. The first kappa shape index (κ1) is 17.4. The van der Waals surface area contributed by atoms with Gasteiger partial charge in [-0.25, -0.2) is 0 Å². The van der Waals surface area contributed by atoms with Crippen molar-refractivity contribution in [3.8, 4) is 0 Å². The van der Waals surface area contributed by atoms with Gasteiger partial charge in [-0.1, -0.05) is 6.92 Å².